The molecule has 0 bridgehead atoms. The minimum atomic E-state index is -4.71. The third-order valence-corrected chi connectivity index (χ3v) is 6.02. The number of alkyl halides is 6. The van der Waals surface area contributed by atoms with E-state index in [2.05, 4.69) is 25.0 Å². The van der Waals surface area contributed by atoms with Gasteiger partial charge in [-0.25, -0.2) is 9.97 Å². The molecule has 0 spiro atoms. The number of nitrogens with zero attached hydrogens (tertiary/aromatic N) is 6. The smallest absolute Gasteiger partial charge is 0.241 e. The molecular weight excluding hydrogens is 534 g/mol. The van der Waals surface area contributed by atoms with Crippen molar-refractivity contribution in [1.82, 2.24) is 9.97 Å². The Morgan fingerprint density at radius 1 is 0.675 bits per heavy atom. The first-order valence-corrected chi connectivity index (χ1v) is 11.3. The first-order valence-electron chi connectivity index (χ1n) is 11.3. The van der Waals surface area contributed by atoms with Crippen LogP contribution in [0.5, 0.6) is 0 Å². The maximum Gasteiger partial charge on any atom is 0.416 e. The molecule has 0 N–H and O–H groups in total. The fourth-order valence-corrected chi connectivity index (χ4v) is 4.32. The minimum Gasteiger partial charge on any atom is -0.241 e. The van der Waals surface area contributed by atoms with E-state index in [9.17, 15) is 31.6 Å². The van der Waals surface area contributed by atoms with Crippen LogP contribution in [0.3, 0.4) is 0 Å². The van der Waals surface area contributed by atoms with Gasteiger partial charge < -0.3 is 0 Å². The van der Waals surface area contributed by atoms with Crippen molar-refractivity contribution >= 4 is 11.4 Å². The Morgan fingerprint density at radius 3 is 1.60 bits per heavy atom. The van der Waals surface area contributed by atoms with Crippen LogP contribution in [0.2, 0.25) is 0 Å². The highest BCUT2D eigenvalue weighted by Crippen LogP contribution is 2.39. The highest BCUT2D eigenvalue weighted by atomic mass is 19.4. The summed E-state index contributed by atoms with van der Waals surface area (Å²) in [7, 11) is 0. The first kappa shape index (κ1) is 26.3. The van der Waals surface area contributed by atoms with Crippen molar-refractivity contribution in [2.75, 3.05) is 0 Å². The van der Waals surface area contributed by atoms with Crippen LogP contribution in [0.25, 0.3) is 27.5 Å². The van der Waals surface area contributed by atoms with E-state index in [0.717, 1.165) is 36.4 Å². The Kier molecular flexibility index (Phi) is 6.40. The van der Waals surface area contributed by atoms with Gasteiger partial charge in [-0.15, -0.1) is 4.95 Å². The highest BCUT2D eigenvalue weighted by molar-refractivity contribution is 6.30. The molecule has 3 aromatic carbocycles. The van der Waals surface area contributed by atoms with E-state index >= 15 is 0 Å². The molecule has 0 saturated carbocycles. The van der Waals surface area contributed by atoms with Crippen LogP contribution in [0, 0.1) is 18.0 Å². The number of nitriles is 1. The molecule has 1 aliphatic rings. The summed E-state index contributed by atoms with van der Waals surface area (Å²) in [4.78, 5) is 16.0. The molecule has 5 rings (SSSR count). The van der Waals surface area contributed by atoms with Crippen LogP contribution in [-0.4, -0.2) is 21.4 Å². The molecule has 0 atom stereocenters. The van der Waals surface area contributed by atoms with Crippen molar-refractivity contribution < 1.29 is 26.3 Å². The summed E-state index contributed by atoms with van der Waals surface area (Å²) in [6.45, 7) is 7.30. The average molecular weight is 546 g/mol. The zero-order chi connectivity index (χ0) is 28.7. The predicted octanol–water partition coefficient (Wildman–Crippen LogP) is 7.15. The van der Waals surface area contributed by atoms with Gasteiger partial charge in [0.1, 0.15) is 17.1 Å². The highest BCUT2D eigenvalue weighted by Gasteiger charge is 2.35. The third kappa shape index (κ3) is 4.67. The average Bonchev–Trinajstić information content (AvgIpc) is 2.93. The standard InChI is InChI=1S/C28H12F6N6/c1-36-40-24-20-11-3-2-10-19(20)23(37-14-35)25-26(24)39-22(16-7-5-9-18(13-16)28(32,33)34)21(38-25)15-6-4-8-17(12-15)27(29,30)31/h2-13H. The lowest BCUT2D eigenvalue weighted by Gasteiger charge is -2.22. The van der Waals surface area contributed by atoms with Gasteiger partial charge in [-0.1, -0.05) is 48.5 Å². The summed E-state index contributed by atoms with van der Waals surface area (Å²) >= 11 is 0. The van der Waals surface area contributed by atoms with E-state index in [-0.39, 0.29) is 45.3 Å². The number of aromatic nitrogens is 2. The van der Waals surface area contributed by atoms with E-state index in [1.165, 1.54) is 12.1 Å². The molecule has 40 heavy (non-hydrogen) atoms. The molecule has 4 aromatic rings. The SMILES string of the molecule is [C-]#[N+]N=C1c2ccccc2C(=NC#N)c2nc(-c3cccc(C(F)(F)F)c3)c(-c3cccc(C(F)(F)F)c3)nc21. The summed E-state index contributed by atoms with van der Waals surface area (Å²) in [5.74, 6) is 0. The summed E-state index contributed by atoms with van der Waals surface area (Å²) in [5.41, 5.74) is -1.90. The molecule has 0 unspecified atom stereocenters. The third-order valence-electron chi connectivity index (χ3n) is 6.02. The van der Waals surface area contributed by atoms with Crippen molar-refractivity contribution in [2.24, 2.45) is 10.1 Å². The van der Waals surface area contributed by atoms with Crippen molar-refractivity contribution in [3.63, 3.8) is 0 Å². The Balaban J connectivity index is 1.89. The Morgan fingerprint density at radius 2 is 1.15 bits per heavy atom. The van der Waals surface area contributed by atoms with Gasteiger partial charge in [0.15, 0.2) is 5.71 Å². The first-order chi connectivity index (χ1) is 19.0. The van der Waals surface area contributed by atoms with Crippen LogP contribution >= 0.6 is 0 Å². The second-order valence-electron chi connectivity index (χ2n) is 8.43. The number of rotatable bonds is 2. The van der Waals surface area contributed by atoms with Crippen LogP contribution in [0.4, 0.5) is 26.3 Å². The van der Waals surface area contributed by atoms with Gasteiger partial charge in [0.05, 0.1) is 27.6 Å². The lowest BCUT2D eigenvalue weighted by molar-refractivity contribution is -0.138. The molecule has 0 fully saturated rings. The molecule has 0 amide bonds. The van der Waals surface area contributed by atoms with Crippen LogP contribution in [-0.2, 0) is 12.4 Å². The molecule has 0 aliphatic heterocycles. The van der Waals surface area contributed by atoms with Gasteiger partial charge in [-0.2, -0.15) is 43.2 Å². The van der Waals surface area contributed by atoms with E-state index in [4.69, 9.17) is 6.57 Å². The largest absolute Gasteiger partial charge is 0.416 e. The van der Waals surface area contributed by atoms with Crippen molar-refractivity contribution in [3.8, 4) is 28.7 Å². The number of hydrogen-bond acceptors (Lipinski definition) is 5. The number of fused-ring (bicyclic) bond motifs is 2. The van der Waals surface area contributed by atoms with Gasteiger partial charge in [0.2, 0.25) is 6.19 Å². The summed E-state index contributed by atoms with van der Waals surface area (Å²) in [6.07, 6.45) is -7.75. The van der Waals surface area contributed by atoms with Crippen LogP contribution in [0.1, 0.15) is 33.6 Å². The molecule has 6 nitrogen and oxygen atoms in total. The minimum absolute atomic E-state index is 0.0216. The Hall–Kier alpha value is -5.36. The van der Waals surface area contributed by atoms with E-state index in [1.54, 1.807) is 30.5 Å². The second-order valence-corrected chi connectivity index (χ2v) is 8.43. The number of aliphatic imine (C=N–C) groups is 1. The summed E-state index contributed by atoms with van der Waals surface area (Å²) in [6, 6.07) is 14.7. The fourth-order valence-electron chi connectivity index (χ4n) is 4.32. The molecule has 1 heterocycles. The molecule has 12 heteroatoms. The monoisotopic (exact) mass is 546 g/mol. The zero-order valence-electron chi connectivity index (χ0n) is 19.9. The summed E-state index contributed by atoms with van der Waals surface area (Å²) < 4.78 is 81.4. The maximum atomic E-state index is 13.6. The van der Waals surface area contributed by atoms with E-state index in [0.29, 0.717) is 11.1 Å². The lowest BCUT2D eigenvalue weighted by Crippen LogP contribution is -2.25. The molecular formula is C28H12F6N6. The zero-order valence-corrected chi connectivity index (χ0v) is 19.9. The van der Waals surface area contributed by atoms with Crippen molar-refractivity contribution in [2.45, 2.75) is 12.4 Å². The van der Waals surface area contributed by atoms with Gasteiger partial charge in [-0.05, 0) is 24.3 Å². The lowest BCUT2D eigenvalue weighted by atomic mass is 9.87. The van der Waals surface area contributed by atoms with Crippen LogP contribution < -0.4 is 0 Å². The normalized spacial score (nSPS) is 14.8. The van der Waals surface area contributed by atoms with Gasteiger partial charge in [0, 0.05) is 22.3 Å². The van der Waals surface area contributed by atoms with Crippen molar-refractivity contribution in [3.05, 3.63) is 118 Å². The predicted molar refractivity (Wildman–Crippen MR) is 133 cm³/mol. The summed E-state index contributed by atoms with van der Waals surface area (Å²) in [5, 5.41) is 13.2. The van der Waals surface area contributed by atoms with Crippen molar-refractivity contribution in [1.29, 1.82) is 5.26 Å². The second kappa shape index (κ2) is 9.75. The Labute approximate surface area is 222 Å². The quantitative estimate of drug-likeness (QED) is 0.102. The van der Waals surface area contributed by atoms with Crippen LogP contribution in [0.15, 0.2) is 82.9 Å². The molecule has 0 radical (unpaired) electrons. The van der Waals surface area contributed by atoms with E-state index in [1.807, 2.05) is 0 Å². The van der Waals surface area contributed by atoms with Gasteiger partial charge >= 0.3 is 12.4 Å². The molecule has 0 saturated heterocycles. The number of benzene rings is 3. The maximum absolute atomic E-state index is 13.6. The number of hydrogen-bond donors (Lipinski definition) is 0. The number of halogens is 6. The molecule has 196 valence electrons. The Bertz CT molecular complexity index is 1670. The topological polar surface area (TPSA) is 78.6 Å². The van der Waals surface area contributed by atoms with E-state index < -0.39 is 23.5 Å². The molecule has 1 aromatic heterocycles. The fraction of sp³-hybridized carbons (Fsp3) is 0.0714. The molecule has 1 aliphatic carbocycles. The van der Waals surface area contributed by atoms with Gasteiger partial charge in [0.25, 0.3) is 0 Å². The van der Waals surface area contributed by atoms with Gasteiger partial charge in [-0.3, -0.25) is 0 Å².